The summed E-state index contributed by atoms with van der Waals surface area (Å²) in [6, 6.07) is 1.72. The van der Waals surface area contributed by atoms with Crippen molar-refractivity contribution in [1.29, 1.82) is 0 Å². The molecule has 3 N–H and O–H groups in total. The quantitative estimate of drug-likeness (QED) is 0.889. The highest BCUT2D eigenvalue weighted by molar-refractivity contribution is 5.96. The molecule has 0 spiro atoms. The summed E-state index contributed by atoms with van der Waals surface area (Å²) in [4.78, 5) is 16.0. The van der Waals surface area contributed by atoms with Crippen molar-refractivity contribution in [3.8, 4) is 0 Å². The number of hydrogen-bond donors (Lipinski definition) is 2. The van der Waals surface area contributed by atoms with Crippen LogP contribution >= 0.6 is 12.4 Å². The monoisotopic (exact) mass is 284 g/mol. The van der Waals surface area contributed by atoms with Crippen LogP contribution in [0.25, 0.3) is 11.1 Å². The van der Waals surface area contributed by atoms with Crippen LogP contribution in [0.15, 0.2) is 16.8 Å². The Labute approximate surface area is 117 Å². The first-order chi connectivity index (χ1) is 8.37. The van der Waals surface area contributed by atoms with Crippen molar-refractivity contribution in [2.75, 3.05) is 6.54 Å². The van der Waals surface area contributed by atoms with E-state index in [0.717, 1.165) is 5.39 Å². The number of aryl methyl sites for hydroxylation is 1. The van der Waals surface area contributed by atoms with Gasteiger partial charge in [-0.2, -0.15) is 0 Å². The van der Waals surface area contributed by atoms with Crippen LogP contribution in [0.5, 0.6) is 0 Å². The van der Waals surface area contributed by atoms with E-state index in [-0.39, 0.29) is 18.3 Å². The van der Waals surface area contributed by atoms with E-state index in [0.29, 0.717) is 23.5 Å². The molecule has 0 saturated carbocycles. The molecule has 104 valence electrons. The van der Waals surface area contributed by atoms with Crippen LogP contribution in [0.2, 0.25) is 0 Å². The number of halogens is 1. The molecule has 0 aliphatic carbocycles. The van der Waals surface area contributed by atoms with E-state index in [1.165, 1.54) is 6.20 Å². The molecule has 0 fully saturated rings. The number of nitrogens with one attached hydrogen (secondary N) is 1. The van der Waals surface area contributed by atoms with Crippen LogP contribution in [-0.4, -0.2) is 28.1 Å². The molecule has 1 amide bonds. The van der Waals surface area contributed by atoms with Crippen molar-refractivity contribution in [2.24, 2.45) is 5.73 Å². The van der Waals surface area contributed by atoms with Gasteiger partial charge in [0, 0.05) is 18.3 Å². The lowest BCUT2D eigenvalue weighted by Crippen LogP contribution is -2.45. The molecule has 2 aromatic heterocycles. The van der Waals surface area contributed by atoms with Crippen LogP contribution in [0, 0.1) is 6.92 Å². The van der Waals surface area contributed by atoms with Gasteiger partial charge in [0.15, 0.2) is 0 Å². The van der Waals surface area contributed by atoms with Gasteiger partial charge < -0.3 is 15.6 Å². The Morgan fingerprint density at radius 3 is 2.84 bits per heavy atom. The van der Waals surface area contributed by atoms with Gasteiger partial charge in [-0.1, -0.05) is 5.16 Å². The van der Waals surface area contributed by atoms with Crippen molar-refractivity contribution in [3.05, 3.63) is 23.5 Å². The number of rotatable bonds is 3. The highest BCUT2D eigenvalue weighted by Gasteiger charge is 2.15. The number of nitrogens with zero attached hydrogens (tertiary/aromatic N) is 2. The molecule has 0 bridgehead atoms. The van der Waals surface area contributed by atoms with Crippen LogP contribution in [0.3, 0.4) is 0 Å². The van der Waals surface area contributed by atoms with E-state index in [9.17, 15) is 4.79 Å². The minimum absolute atomic E-state index is 0. The summed E-state index contributed by atoms with van der Waals surface area (Å²) in [6.45, 7) is 5.89. The number of amides is 1. The fourth-order valence-corrected chi connectivity index (χ4v) is 1.48. The zero-order chi connectivity index (χ0) is 13.3. The van der Waals surface area contributed by atoms with Crippen molar-refractivity contribution >= 4 is 29.4 Å². The topological polar surface area (TPSA) is 94.0 Å². The number of carbonyl (C=O) groups is 1. The van der Waals surface area contributed by atoms with E-state index in [1.807, 2.05) is 13.8 Å². The predicted octanol–water partition coefficient (Wildman–Crippen LogP) is 1.42. The van der Waals surface area contributed by atoms with Gasteiger partial charge >= 0.3 is 0 Å². The molecule has 2 aromatic rings. The lowest BCUT2D eigenvalue weighted by molar-refractivity contribution is 0.0946. The molecule has 2 heterocycles. The van der Waals surface area contributed by atoms with Crippen LogP contribution in [0.1, 0.15) is 29.9 Å². The Morgan fingerprint density at radius 2 is 2.21 bits per heavy atom. The number of fused-ring (bicyclic) bond motifs is 1. The molecular weight excluding hydrogens is 268 g/mol. The summed E-state index contributed by atoms with van der Waals surface area (Å²) < 4.78 is 4.98. The molecule has 0 atom stereocenters. The standard InChI is InChI=1S/C12H16N4O2.ClH/c1-7-9-4-8(5-14-11(9)18-16-7)10(17)15-6-12(2,3)13;/h4-5H,6,13H2,1-3H3,(H,15,17);1H. The van der Waals surface area contributed by atoms with Gasteiger partial charge in [-0.15, -0.1) is 12.4 Å². The summed E-state index contributed by atoms with van der Waals surface area (Å²) in [7, 11) is 0. The second-order valence-electron chi connectivity index (χ2n) is 5.02. The van der Waals surface area contributed by atoms with Crippen molar-refractivity contribution < 1.29 is 9.32 Å². The molecule has 2 rings (SSSR count). The summed E-state index contributed by atoms with van der Waals surface area (Å²) in [5, 5.41) is 7.30. The van der Waals surface area contributed by atoms with Crippen molar-refractivity contribution in [3.63, 3.8) is 0 Å². The third-order valence-electron chi connectivity index (χ3n) is 2.48. The fraction of sp³-hybridized carbons (Fsp3) is 0.417. The van der Waals surface area contributed by atoms with Crippen molar-refractivity contribution in [1.82, 2.24) is 15.5 Å². The average molecular weight is 285 g/mol. The molecule has 0 aliphatic rings. The third-order valence-corrected chi connectivity index (χ3v) is 2.48. The highest BCUT2D eigenvalue weighted by atomic mass is 35.5. The highest BCUT2D eigenvalue weighted by Crippen LogP contribution is 2.16. The average Bonchev–Trinajstić information content (AvgIpc) is 2.67. The number of nitrogens with two attached hydrogens (primary N) is 1. The van der Waals surface area contributed by atoms with Gasteiger partial charge in [-0.3, -0.25) is 4.79 Å². The molecule has 0 saturated heterocycles. The minimum atomic E-state index is -0.444. The van der Waals surface area contributed by atoms with E-state index in [2.05, 4.69) is 15.5 Å². The Bertz CT molecular complexity index is 589. The van der Waals surface area contributed by atoms with E-state index in [1.54, 1.807) is 13.0 Å². The molecule has 19 heavy (non-hydrogen) atoms. The van der Waals surface area contributed by atoms with Crippen LogP contribution in [-0.2, 0) is 0 Å². The Morgan fingerprint density at radius 1 is 1.53 bits per heavy atom. The first-order valence-electron chi connectivity index (χ1n) is 5.66. The molecular formula is C12H17ClN4O2. The van der Waals surface area contributed by atoms with E-state index in [4.69, 9.17) is 10.3 Å². The summed E-state index contributed by atoms with van der Waals surface area (Å²) >= 11 is 0. The first-order valence-corrected chi connectivity index (χ1v) is 5.66. The lowest BCUT2D eigenvalue weighted by atomic mass is 10.1. The summed E-state index contributed by atoms with van der Waals surface area (Å²) in [5.41, 5.74) is 6.98. The predicted molar refractivity (Wildman–Crippen MR) is 74.4 cm³/mol. The molecule has 6 nitrogen and oxygen atoms in total. The third kappa shape index (κ3) is 3.65. The minimum Gasteiger partial charge on any atom is -0.350 e. The molecule has 0 radical (unpaired) electrons. The molecule has 0 aromatic carbocycles. The Balaban J connectivity index is 0.00000180. The van der Waals surface area contributed by atoms with Gasteiger partial charge in [0.25, 0.3) is 11.6 Å². The van der Waals surface area contributed by atoms with Gasteiger partial charge in [0.2, 0.25) is 0 Å². The number of carbonyl (C=O) groups excluding carboxylic acids is 1. The Kier molecular flexibility index (Phi) is 4.49. The van der Waals surface area contributed by atoms with Gasteiger partial charge in [-0.25, -0.2) is 4.98 Å². The van der Waals surface area contributed by atoms with Gasteiger partial charge in [0.1, 0.15) is 0 Å². The van der Waals surface area contributed by atoms with Crippen LogP contribution in [0.4, 0.5) is 0 Å². The maximum absolute atomic E-state index is 11.9. The zero-order valence-electron chi connectivity index (χ0n) is 11.1. The number of pyridine rings is 1. The largest absolute Gasteiger partial charge is 0.350 e. The summed E-state index contributed by atoms with van der Waals surface area (Å²) in [6.07, 6.45) is 1.46. The molecule has 0 aliphatic heterocycles. The van der Waals surface area contributed by atoms with Crippen molar-refractivity contribution in [2.45, 2.75) is 26.3 Å². The van der Waals surface area contributed by atoms with Crippen LogP contribution < -0.4 is 11.1 Å². The summed E-state index contributed by atoms with van der Waals surface area (Å²) in [5.74, 6) is -0.205. The Hall–Kier alpha value is -1.66. The zero-order valence-corrected chi connectivity index (χ0v) is 11.9. The van der Waals surface area contributed by atoms with Gasteiger partial charge in [-0.05, 0) is 26.8 Å². The number of hydrogen-bond acceptors (Lipinski definition) is 5. The lowest BCUT2D eigenvalue weighted by Gasteiger charge is -2.18. The smallest absolute Gasteiger partial charge is 0.257 e. The fourth-order valence-electron chi connectivity index (χ4n) is 1.48. The number of aromatic nitrogens is 2. The van der Waals surface area contributed by atoms with E-state index >= 15 is 0 Å². The van der Waals surface area contributed by atoms with Gasteiger partial charge in [0.05, 0.1) is 16.6 Å². The first kappa shape index (κ1) is 15.4. The molecule has 0 unspecified atom stereocenters. The second-order valence-corrected chi connectivity index (χ2v) is 5.02. The maximum atomic E-state index is 11.9. The SMILES string of the molecule is Cc1noc2ncc(C(=O)NCC(C)(C)N)cc12.Cl. The molecule has 7 heteroatoms. The normalized spacial score (nSPS) is 11.2. The maximum Gasteiger partial charge on any atom is 0.257 e. The van der Waals surface area contributed by atoms with E-state index < -0.39 is 5.54 Å². The second kappa shape index (κ2) is 5.54.